The quantitative estimate of drug-likeness (QED) is 0.350. The number of carbonyl (C=O) groups is 2. The van der Waals surface area contributed by atoms with Crippen LogP contribution in [-0.4, -0.2) is 45.7 Å². The van der Waals surface area contributed by atoms with Crippen molar-refractivity contribution in [3.63, 3.8) is 0 Å². The van der Waals surface area contributed by atoms with E-state index in [0.29, 0.717) is 35.9 Å². The van der Waals surface area contributed by atoms with E-state index in [0.717, 1.165) is 22.4 Å². The van der Waals surface area contributed by atoms with Gasteiger partial charge >= 0.3 is 0 Å². The Kier molecular flexibility index (Phi) is 7.20. The van der Waals surface area contributed by atoms with E-state index in [4.69, 9.17) is 21.4 Å². The van der Waals surface area contributed by atoms with E-state index >= 15 is 0 Å². The first-order valence-electron chi connectivity index (χ1n) is 12.5. The maximum Gasteiger partial charge on any atom is 0.273 e. The standard InChI is InChI=1S/C30H29ClN4O3/c1-30(29(37)32-19-22-6-4-3-5-7-22)20-35-27(18-26(33-35)23-10-14-25(38-2)15-11-23)28(36)34(30)17-16-21-8-12-24(31)13-9-21/h3-15,18H,16-17,19-20H2,1-2H3,(H,32,37). The lowest BCUT2D eigenvalue weighted by atomic mass is 9.94. The maximum atomic E-state index is 13.9. The third kappa shape index (κ3) is 5.15. The Labute approximate surface area is 227 Å². The van der Waals surface area contributed by atoms with Crippen LogP contribution in [0.4, 0.5) is 0 Å². The van der Waals surface area contributed by atoms with Gasteiger partial charge in [-0.25, -0.2) is 0 Å². The van der Waals surface area contributed by atoms with Crippen LogP contribution in [0.2, 0.25) is 5.02 Å². The summed E-state index contributed by atoms with van der Waals surface area (Å²) in [6.45, 7) is 2.80. The van der Waals surface area contributed by atoms with Gasteiger partial charge in [-0.15, -0.1) is 0 Å². The molecule has 38 heavy (non-hydrogen) atoms. The molecule has 1 aromatic heterocycles. The van der Waals surface area contributed by atoms with Gasteiger partial charge in [-0.3, -0.25) is 14.3 Å². The largest absolute Gasteiger partial charge is 0.497 e. The Bertz CT molecular complexity index is 1430. The number of ether oxygens (including phenoxy) is 1. The van der Waals surface area contributed by atoms with E-state index in [-0.39, 0.29) is 18.4 Å². The van der Waals surface area contributed by atoms with Crippen molar-refractivity contribution in [2.75, 3.05) is 13.7 Å². The summed E-state index contributed by atoms with van der Waals surface area (Å²) in [5, 5.41) is 8.42. The molecule has 2 heterocycles. The Morgan fingerprint density at radius 1 is 1.03 bits per heavy atom. The molecule has 1 unspecified atom stereocenters. The fraction of sp³-hybridized carbons (Fsp3) is 0.233. The van der Waals surface area contributed by atoms with Crippen LogP contribution >= 0.6 is 11.6 Å². The minimum Gasteiger partial charge on any atom is -0.497 e. The highest BCUT2D eigenvalue weighted by Gasteiger charge is 2.47. The molecule has 0 bridgehead atoms. The van der Waals surface area contributed by atoms with E-state index in [2.05, 4.69) is 5.32 Å². The molecule has 1 N–H and O–H groups in total. The molecule has 0 radical (unpaired) electrons. The Morgan fingerprint density at radius 3 is 2.42 bits per heavy atom. The molecule has 0 saturated carbocycles. The van der Waals surface area contributed by atoms with Gasteiger partial charge in [0.1, 0.15) is 17.0 Å². The van der Waals surface area contributed by atoms with Crippen LogP contribution in [0.25, 0.3) is 11.3 Å². The van der Waals surface area contributed by atoms with Crippen molar-refractivity contribution in [2.24, 2.45) is 0 Å². The summed E-state index contributed by atoms with van der Waals surface area (Å²) in [5.41, 5.74) is 2.88. The highest BCUT2D eigenvalue weighted by Crippen LogP contribution is 2.31. The average Bonchev–Trinajstić information content (AvgIpc) is 3.37. The van der Waals surface area contributed by atoms with Crippen LogP contribution in [-0.2, 0) is 24.3 Å². The van der Waals surface area contributed by atoms with E-state index < -0.39 is 5.54 Å². The number of fused-ring (bicyclic) bond motifs is 1. The first kappa shape index (κ1) is 25.5. The van der Waals surface area contributed by atoms with Crippen molar-refractivity contribution >= 4 is 23.4 Å². The smallest absolute Gasteiger partial charge is 0.273 e. The fourth-order valence-corrected chi connectivity index (χ4v) is 4.88. The minimum absolute atomic E-state index is 0.224. The molecular weight excluding hydrogens is 500 g/mol. The number of nitrogens with one attached hydrogen (secondary N) is 1. The lowest BCUT2D eigenvalue weighted by Crippen LogP contribution is -2.64. The molecule has 0 fully saturated rings. The van der Waals surface area contributed by atoms with Crippen LogP contribution in [0, 0.1) is 0 Å². The third-order valence-corrected chi connectivity index (χ3v) is 7.26. The van der Waals surface area contributed by atoms with Crippen molar-refractivity contribution in [3.05, 3.63) is 107 Å². The number of rotatable bonds is 8. The predicted molar refractivity (Wildman–Crippen MR) is 147 cm³/mol. The molecule has 4 aromatic rings. The minimum atomic E-state index is -1.13. The topological polar surface area (TPSA) is 76.5 Å². The SMILES string of the molecule is COc1ccc(-c2cc3n(n2)CC(C)(C(=O)NCc2ccccc2)N(CCc2ccc(Cl)cc2)C3=O)cc1. The zero-order valence-corrected chi connectivity index (χ0v) is 22.1. The maximum absolute atomic E-state index is 13.9. The van der Waals surface area contributed by atoms with Crippen molar-refractivity contribution in [1.29, 1.82) is 0 Å². The summed E-state index contributed by atoms with van der Waals surface area (Å²) in [6.07, 6.45) is 0.587. The Morgan fingerprint density at radius 2 is 1.74 bits per heavy atom. The van der Waals surface area contributed by atoms with Gasteiger partial charge in [0.05, 0.1) is 19.3 Å². The van der Waals surface area contributed by atoms with Crippen LogP contribution < -0.4 is 10.1 Å². The molecule has 0 spiro atoms. The summed E-state index contributed by atoms with van der Waals surface area (Å²) in [6, 6.07) is 26.6. The highest BCUT2D eigenvalue weighted by molar-refractivity contribution is 6.30. The van der Waals surface area contributed by atoms with Gasteiger partial charge in [-0.05, 0) is 66.9 Å². The zero-order chi connectivity index (χ0) is 26.7. The molecule has 0 saturated heterocycles. The van der Waals surface area contributed by atoms with Gasteiger partial charge in [-0.2, -0.15) is 5.10 Å². The molecule has 3 aromatic carbocycles. The molecule has 1 atom stereocenters. The van der Waals surface area contributed by atoms with Gasteiger partial charge in [-0.1, -0.05) is 54.1 Å². The van der Waals surface area contributed by atoms with E-state index in [9.17, 15) is 9.59 Å². The second kappa shape index (κ2) is 10.7. The van der Waals surface area contributed by atoms with Gasteiger partial charge in [0.25, 0.3) is 5.91 Å². The average molecular weight is 529 g/mol. The summed E-state index contributed by atoms with van der Waals surface area (Å²) in [4.78, 5) is 29.2. The van der Waals surface area contributed by atoms with Crippen LogP contribution in [0.15, 0.2) is 84.9 Å². The summed E-state index contributed by atoms with van der Waals surface area (Å²) in [5.74, 6) is 0.289. The molecule has 5 rings (SSSR count). The number of nitrogens with zero attached hydrogens (tertiary/aromatic N) is 3. The van der Waals surface area contributed by atoms with Gasteiger partial charge < -0.3 is 15.0 Å². The molecule has 8 heteroatoms. The number of benzene rings is 3. The van der Waals surface area contributed by atoms with E-state index in [1.54, 1.807) is 22.8 Å². The summed E-state index contributed by atoms with van der Waals surface area (Å²) in [7, 11) is 1.62. The van der Waals surface area contributed by atoms with Crippen LogP contribution in [0.5, 0.6) is 5.75 Å². The molecule has 2 amide bonds. The van der Waals surface area contributed by atoms with Gasteiger partial charge in [0.2, 0.25) is 5.91 Å². The monoisotopic (exact) mass is 528 g/mol. The van der Waals surface area contributed by atoms with E-state index in [1.165, 1.54) is 0 Å². The summed E-state index contributed by atoms with van der Waals surface area (Å²) >= 11 is 6.05. The van der Waals surface area contributed by atoms with Crippen molar-refractivity contribution in [1.82, 2.24) is 20.0 Å². The number of amides is 2. The lowest BCUT2D eigenvalue weighted by Gasteiger charge is -2.43. The highest BCUT2D eigenvalue weighted by atomic mass is 35.5. The lowest BCUT2D eigenvalue weighted by molar-refractivity contribution is -0.133. The number of methoxy groups -OCH3 is 1. The second-order valence-electron chi connectivity index (χ2n) is 9.58. The van der Waals surface area contributed by atoms with Crippen LogP contribution in [0.1, 0.15) is 28.5 Å². The second-order valence-corrected chi connectivity index (χ2v) is 10.0. The number of halogens is 1. The molecule has 1 aliphatic rings. The molecular formula is C30H29ClN4O3. The number of aromatic nitrogens is 2. The Hall–Kier alpha value is -4.10. The number of hydrogen-bond acceptors (Lipinski definition) is 4. The summed E-state index contributed by atoms with van der Waals surface area (Å²) < 4.78 is 6.91. The van der Waals surface area contributed by atoms with Crippen molar-refractivity contribution in [3.8, 4) is 17.0 Å². The van der Waals surface area contributed by atoms with Crippen LogP contribution in [0.3, 0.4) is 0 Å². The zero-order valence-electron chi connectivity index (χ0n) is 21.4. The normalized spacial score (nSPS) is 16.7. The first-order chi connectivity index (χ1) is 18.4. The van der Waals surface area contributed by atoms with Gasteiger partial charge in [0, 0.05) is 23.7 Å². The van der Waals surface area contributed by atoms with Crippen molar-refractivity contribution < 1.29 is 14.3 Å². The first-order valence-corrected chi connectivity index (χ1v) is 12.9. The van der Waals surface area contributed by atoms with Gasteiger partial charge in [0.15, 0.2) is 0 Å². The Balaban J connectivity index is 1.45. The number of carbonyl (C=O) groups excluding carboxylic acids is 2. The van der Waals surface area contributed by atoms with E-state index in [1.807, 2.05) is 85.8 Å². The predicted octanol–water partition coefficient (Wildman–Crippen LogP) is 4.99. The molecule has 0 aliphatic carbocycles. The third-order valence-electron chi connectivity index (χ3n) is 7.01. The molecule has 7 nitrogen and oxygen atoms in total. The number of hydrogen-bond donors (Lipinski definition) is 1. The van der Waals surface area contributed by atoms with Crippen molar-refractivity contribution in [2.45, 2.75) is 32.0 Å². The molecule has 194 valence electrons. The molecule has 1 aliphatic heterocycles. The fourth-order valence-electron chi connectivity index (χ4n) is 4.75.